The van der Waals surface area contributed by atoms with Gasteiger partial charge in [-0.1, -0.05) is 29.8 Å². The van der Waals surface area contributed by atoms with Crippen molar-refractivity contribution in [3.8, 4) is 17.2 Å². The smallest absolute Gasteiger partial charge is 0.249 e. The van der Waals surface area contributed by atoms with E-state index >= 15 is 0 Å². The summed E-state index contributed by atoms with van der Waals surface area (Å²) in [6, 6.07) is 13.1. The van der Waals surface area contributed by atoms with Crippen LogP contribution in [0, 0.1) is 12.8 Å². The molecule has 1 aliphatic heterocycles. The van der Waals surface area contributed by atoms with Crippen LogP contribution < -0.4 is 9.64 Å². The lowest BCUT2D eigenvalue weighted by Gasteiger charge is -2.24. The molecule has 176 valence electrons. The number of ether oxygens (including phenoxy) is 1. The monoisotopic (exact) mass is 480 g/mol. The highest BCUT2D eigenvalue weighted by Gasteiger charge is 2.42. The minimum Gasteiger partial charge on any atom is -0.495 e. The first-order valence-corrected chi connectivity index (χ1v) is 11.6. The van der Waals surface area contributed by atoms with Crippen LogP contribution in [-0.4, -0.2) is 46.6 Å². The van der Waals surface area contributed by atoms with Gasteiger partial charge in [0, 0.05) is 19.0 Å². The van der Waals surface area contributed by atoms with Crippen molar-refractivity contribution in [2.75, 3.05) is 18.6 Å². The van der Waals surface area contributed by atoms with E-state index in [0.717, 1.165) is 18.4 Å². The zero-order valence-electron chi connectivity index (χ0n) is 19.0. The summed E-state index contributed by atoms with van der Waals surface area (Å²) in [5.74, 6) is 0.682. The zero-order valence-corrected chi connectivity index (χ0v) is 19.8. The van der Waals surface area contributed by atoms with E-state index in [0.29, 0.717) is 40.3 Å². The summed E-state index contributed by atoms with van der Waals surface area (Å²) >= 11 is 6.24. The first kappa shape index (κ1) is 22.4. The maximum atomic E-state index is 13.5. The number of hydrogen-bond acceptors (Lipinski definition) is 6. The molecule has 2 amide bonds. The molecule has 1 saturated heterocycles. The third-order valence-corrected chi connectivity index (χ3v) is 6.58. The molecule has 9 heteroatoms. The Balaban J connectivity index is 1.33. The van der Waals surface area contributed by atoms with Crippen molar-refractivity contribution in [3.63, 3.8) is 0 Å². The molecule has 8 nitrogen and oxygen atoms in total. The maximum Gasteiger partial charge on any atom is 0.249 e. The predicted octanol–water partition coefficient (Wildman–Crippen LogP) is 4.25. The molecule has 1 saturated carbocycles. The van der Waals surface area contributed by atoms with E-state index in [9.17, 15) is 9.59 Å². The summed E-state index contributed by atoms with van der Waals surface area (Å²) in [6.07, 6.45) is 2.01. The van der Waals surface area contributed by atoms with E-state index in [1.54, 1.807) is 23.0 Å². The van der Waals surface area contributed by atoms with Gasteiger partial charge >= 0.3 is 0 Å². The predicted molar refractivity (Wildman–Crippen MR) is 127 cm³/mol. The quantitative estimate of drug-likeness (QED) is 0.502. The molecule has 1 aliphatic carbocycles. The molecule has 34 heavy (non-hydrogen) atoms. The first-order chi connectivity index (χ1) is 16.4. The van der Waals surface area contributed by atoms with E-state index in [1.807, 2.05) is 43.3 Å². The molecular weight excluding hydrogens is 456 g/mol. The molecule has 0 spiro atoms. The van der Waals surface area contributed by atoms with Crippen molar-refractivity contribution in [2.24, 2.45) is 5.92 Å². The van der Waals surface area contributed by atoms with Gasteiger partial charge in [0.1, 0.15) is 5.75 Å². The van der Waals surface area contributed by atoms with Gasteiger partial charge in [-0.15, -0.1) is 10.2 Å². The Morgan fingerprint density at radius 1 is 1.24 bits per heavy atom. The van der Waals surface area contributed by atoms with Gasteiger partial charge in [0.15, 0.2) is 0 Å². The Hall–Kier alpha value is -3.39. The number of hydrogen-bond donors (Lipinski definition) is 0. The summed E-state index contributed by atoms with van der Waals surface area (Å²) in [5, 5.41) is 8.77. The Kier molecular flexibility index (Phi) is 6.00. The Morgan fingerprint density at radius 2 is 2.03 bits per heavy atom. The molecule has 1 aromatic heterocycles. The van der Waals surface area contributed by atoms with Crippen molar-refractivity contribution >= 4 is 29.1 Å². The van der Waals surface area contributed by atoms with Crippen LogP contribution in [0.4, 0.5) is 5.69 Å². The molecule has 2 fully saturated rings. The fourth-order valence-corrected chi connectivity index (χ4v) is 4.55. The van der Waals surface area contributed by atoms with Gasteiger partial charge in [0.25, 0.3) is 0 Å². The average Bonchev–Trinajstić information content (AvgIpc) is 3.44. The molecule has 1 atom stereocenters. The fraction of sp³-hybridized carbons (Fsp3) is 0.360. The number of nitrogens with zero attached hydrogens (tertiary/aromatic N) is 4. The Labute approximate surface area is 202 Å². The highest BCUT2D eigenvalue weighted by atomic mass is 35.5. The molecule has 0 N–H and O–H groups in total. The van der Waals surface area contributed by atoms with Gasteiger partial charge in [-0.3, -0.25) is 9.59 Å². The van der Waals surface area contributed by atoms with Gasteiger partial charge in [-0.25, -0.2) is 0 Å². The summed E-state index contributed by atoms with van der Waals surface area (Å²) in [6.45, 7) is 2.48. The number of carbonyl (C=O) groups excluding carboxylic acids is 2. The largest absolute Gasteiger partial charge is 0.495 e. The van der Waals surface area contributed by atoms with Crippen LogP contribution in [0.5, 0.6) is 5.75 Å². The molecular formula is C25H25ClN4O4. The van der Waals surface area contributed by atoms with Gasteiger partial charge in [-0.2, -0.15) is 0 Å². The van der Waals surface area contributed by atoms with Gasteiger partial charge in [0.05, 0.1) is 35.8 Å². The number of anilines is 1. The molecule has 2 heterocycles. The van der Waals surface area contributed by atoms with Crippen LogP contribution in [0.3, 0.4) is 0 Å². The highest BCUT2D eigenvalue weighted by molar-refractivity contribution is 6.33. The van der Waals surface area contributed by atoms with Crippen molar-refractivity contribution < 1.29 is 18.7 Å². The molecule has 0 bridgehead atoms. The topological polar surface area (TPSA) is 88.8 Å². The van der Waals surface area contributed by atoms with Crippen LogP contribution in [0.15, 0.2) is 46.9 Å². The average molecular weight is 481 g/mol. The highest BCUT2D eigenvalue weighted by Crippen LogP contribution is 2.36. The lowest BCUT2D eigenvalue weighted by molar-refractivity contribution is -0.137. The summed E-state index contributed by atoms with van der Waals surface area (Å²) in [4.78, 5) is 29.8. The van der Waals surface area contributed by atoms with Crippen LogP contribution in [0.2, 0.25) is 5.02 Å². The second-order valence-corrected chi connectivity index (χ2v) is 9.17. The Morgan fingerprint density at radius 3 is 2.76 bits per heavy atom. The lowest BCUT2D eigenvalue weighted by Crippen LogP contribution is -2.38. The third kappa shape index (κ3) is 4.37. The number of carbonyl (C=O) groups is 2. The number of halogens is 1. The minimum absolute atomic E-state index is 0.0672. The van der Waals surface area contributed by atoms with Gasteiger partial charge in [0.2, 0.25) is 23.6 Å². The molecule has 0 unspecified atom stereocenters. The van der Waals surface area contributed by atoms with Gasteiger partial charge in [-0.05, 0) is 49.6 Å². The molecule has 2 aromatic carbocycles. The van der Waals surface area contributed by atoms with E-state index in [2.05, 4.69) is 10.2 Å². The number of aromatic nitrogens is 2. The normalized spacial score (nSPS) is 17.8. The summed E-state index contributed by atoms with van der Waals surface area (Å²) in [5.41, 5.74) is 2.36. The van der Waals surface area contributed by atoms with E-state index in [4.69, 9.17) is 20.8 Å². The van der Waals surface area contributed by atoms with Crippen molar-refractivity contribution in [2.45, 2.75) is 38.8 Å². The van der Waals surface area contributed by atoms with Crippen LogP contribution in [0.1, 0.15) is 30.7 Å². The second-order valence-electron chi connectivity index (χ2n) is 8.76. The van der Waals surface area contributed by atoms with Crippen molar-refractivity contribution in [3.05, 3.63) is 58.9 Å². The number of rotatable bonds is 7. The van der Waals surface area contributed by atoms with Gasteiger partial charge < -0.3 is 19.0 Å². The molecule has 2 aliphatic rings. The van der Waals surface area contributed by atoms with E-state index in [1.165, 1.54) is 0 Å². The van der Waals surface area contributed by atoms with Crippen molar-refractivity contribution in [1.29, 1.82) is 0 Å². The fourth-order valence-electron chi connectivity index (χ4n) is 4.33. The summed E-state index contributed by atoms with van der Waals surface area (Å²) < 4.78 is 11.3. The van der Waals surface area contributed by atoms with Crippen LogP contribution in [-0.2, 0) is 16.1 Å². The SMILES string of the molecule is COc1ccc(C)cc1N1C[C@H](C(=O)N(Cc2nnc(-c3ccccc3Cl)o2)C2CC2)CC1=O. The number of aryl methyl sites for hydroxylation is 1. The minimum atomic E-state index is -0.440. The third-order valence-electron chi connectivity index (χ3n) is 6.25. The van der Waals surface area contributed by atoms with Crippen LogP contribution >= 0.6 is 11.6 Å². The summed E-state index contributed by atoms with van der Waals surface area (Å²) in [7, 11) is 1.58. The maximum absolute atomic E-state index is 13.5. The van der Waals surface area contributed by atoms with E-state index < -0.39 is 5.92 Å². The zero-order chi connectivity index (χ0) is 23.8. The van der Waals surface area contributed by atoms with Crippen LogP contribution in [0.25, 0.3) is 11.5 Å². The number of amides is 2. The molecule has 5 rings (SSSR count). The standard InChI is InChI=1S/C25H25ClN4O4/c1-15-7-10-21(33-2)20(11-15)30-13-16(12-23(30)31)25(32)29(17-8-9-17)14-22-27-28-24(34-22)18-5-3-4-6-19(18)26/h3-7,10-11,16-17H,8-9,12-14H2,1-2H3/t16-/m1/s1. The second kappa shape index (κ2) is 9.10. The first-order valence-electron chi connectivity index (χ1n) is 11.3. The molecule has 0 radical (unpaired) electrons. The van der Waals surface area contributed by atoms with Crippen molar-refractivity contribution in [1.82, 2.24) is 15.1 Å². The molecule has 3 aromatic rings. The van der Waals surface area contributed by atoms with E-state index in [-0.39, 0.29) is 30.8 Å². The number of benzene rings is 2. The number of methoxy groups -OCH3 is 1. The lowest BCUT2D eigenvalue weighted by atomic mass is 10.1. The Bertz CT molecular complexity index is 1240.